The number of ether oxygens (including phenoxy) is 2. The summed E-state index contributed by atoms with van der Waals surface area (Å²) in [5.41, 5.74) is 0.250. The molecule has 1 aromatic rings. The van der Waals surface area contributed by atoms with Gasteiger partial charge in [-0.2, -0.15) is 0 Å². The highest BCUT2D eigenvalue weighted by atomic mass is 16.6. The number of anilines is 1. The zero-order valence-corrected chi connectivity index (χ0v) is 15.9. The first-order valence-corrected chi connectivity index (χ1v) is 8.99. The smallest absolute Gasteiger partial charge is 0.410 e. The van der Waals surface area contributed by atoms with Gasteiger partial charge in [-0.15, -0.1) is 0 Å². The lowest BCUT2D eigenvalue weighted by molar-refractivity contribution is 0.00587. The van der Waals surface area contributed by atoms with Crippen LogP contribution in [-0.2, 0) is 9.47 Å². The van der Waals surface area contributed by atoms with E-state index in [1.54, 1.807) is 12.3 Å². The van der Waals surface area contributed by atoms with Gasteiger partial charge >= 0.3 is 12.1 Å². The van der Waals surface area contributed by atoms with Crippen LogP contribution in [0.1, 0.15) is 44.0 Å². The summed E-state index contributed by atoms with van der Waals surface area (Å²) < 4.78 is 10.1. The van der Waals surface area contributed by atoms with Crippen molar-refractivity contribution >= 4 is 17.9 Å². The summed E-state index contributed by atoms with van der Waals surface area (Å²) in [4.78, 5) is 32.0. The van der Waals surface area contributed by atoms with Gasteiger partial charge in [-0.25, -0.2) is 14.6 Å². The molecule has 0 saturated carbocycles. The van der Waals surface area contributed by atoms with E-state index in [1.165, 1.54) is 7.11 Å². The Morgan fingerprint density at radius 3 is 2.31 bits per heavy atom. The number of carbonyl (C=O) groups is 2. The van der Waals surface area contributed by atoms with Crippen molar-refractivity contribution in [3.05, 3.63) is 23.9 Å². The van der Waals surface area contributed by atoms with Gasteiger partial charge in [0.1, 0.15) is 11.4 Å². The Bertz CT molecular complexity index is 665. The second kappa shape index (κ2) is 6.78. The molecule has 1 spiro atoms. The van der Waals surface area contributed by atoms with Crippen LogP contribution >= 0.6 is 0 Å². The van der Waals surface area contributed by atoms with Crippen LogP contribution in [0.5, 0.6) is 0 Å². The Morgan fingerprint density at radius 2 is 1.81 bits per heavy atom. The number of carbonyl (C=O) groups excluding carboxylic acids is 2. The van der Waals surface area contributed by atoms with Crippen molar-refractivity contribution in [1.29, 1.82) is 0 Å². The van der Waals surface area contributed by atoms with Crippen molar-refractivity contribution < 1.29 is 19.1 Å². The largest absolute Gasteiger partial charge is 0.465 e. The van der Waals surface area contributed by atoms with Gasteiger partial charge in [0.15, 0.2) is 0 Å². The average Bonchev–Trinajstić information content (AvgIpc) is 2.58. The number of aromatic nitrogens is 1. The molecule has 3 heterocycles. The fourth-order valence-corrected chi connectivity index (χ4v) is 3.54. The zero-order chi connectivity index (χ0) is 18.9. The molecule has 0 bridgehead atoms. The topological polar surface area (TPSA) is 72.0 Å². The third-order valence-electron chi connectivity index (χ3n) is 5.02. The van der Waals surface area contributed by atoms with E-state index in [9.17, 15) is 9.59 Å². The standard InChI is InChI=1S/C19H27N3O4/c1-18(2,3)26-17(24)21-9-7-19(8-10-21)12-22(13-19)15-6-5-14(11-20-15)16(23)25-4/h5-6,11H,7-10,12-13H2,1-4H3. The molecule has 26 heavy (non-hydrogen) atoms. The molecule has 1 aromatic heterocycles. The molecule has 0 N–H and O–H groups in total. The monoisotopic (exact) mass is 361 g/mol. The number of piperidine rings is 1. The second-order valence-corrected chi connectivity index (χ2v) is 8.22. The van der Waals surface area contributed by atoms with Gasteiger partial charge in [-0.1, -0.05) is 0 Å². The van der Waals surface area contributed by atoms with Crippen LogP contribution in [-0.4, -0.2) is 60.8 Å². The Morgan fingerprint density at radius 1 is 1.15 bits per heavy atom. The minimum atomic E-state index is -0.457. The van der Waals surface area contributed by atoms with Crippen molar-refractivity contribution in [1.82, 2.24) is 9.88 Å². The highest BCUT2D eigenvalue weighted by Crippen LogP contribution is 2.42. The number of likely N-dealkylation sites (tertiary alicyclic amines) is 1. The van der Waals surface area contributed by atoms with Gasteiger partial charge < -0.3 is 19.3 Å². The Labute approximate surface area is 154 Å². The van der Waals surface area contributed by atoms with E-state index < -0.39 is 5.60 Å². The predicted octanol–water partition coefficient (Wildman–Crippen LogP) is 2.71. The first-order chi connectivity index (χ1) is 12.2. The number of hydrogen-bond donors (Lipinski definition) is 0. The molecule has 0 aromatic carbocycles. The van der Waals surface area contributed by atoms with Crippen LogP contribution in [0.2, 0.25) is 0 Å². The van der Waals surface area contributed by atoms with Crippen molar-refractivity contribution in [3.8, 4) is 0 Å². The van der Waals surface area contributed by atoms with Gasteiger partial charge in [-0.05, 0) is 45.7 Å². The highest BCUT2D eigenvalue weighted by Gasteiger charge is 2.46. The number of esters is 1. The first-order valence-electron chi connectivity index (χ1n) is 8.99. The summed E-state index contributed by atoms with van der Waals surface area (Å²) in [6, 6.07) is 3.60. The summed E-state index contributed by atoms with van der Waals surface area (Å²) in [5, 5.41) is 0. The Kier molecular flexibility index (Phi) is 4.82. The lowest BCUT2D eigenvalue weighted by Crippen LogP contribution is -2.61. The van der Waals surface area contributed by atoms with Gasteiger partial charge in [0, 0.05) is 37.8 Å². The minimum Gasteiger partial charge on any atom is -0.465 e. The van der Waals surface area contributed by atoms with Gasteiger partial charge in [0.25, 0.3) is 0 Å². The summed E-state index contributed by atoms with van der Waals surface area (Å²) in [6.07, 6.45) is 3.28. The molecule has 2 aliphatic heterocycles. The highest BCUT2D eigenvalue weighted by molar-refractivity contribution is 5.89. The summed E-state index contributed by atoms with van der Waals surface area (Å²) >= 11 is 0. The van der Waals surface area contributed by atoms with E-state index in [-0.39, 0.29) is 17.5 Å². The molecular weight excluding hydrogens is 334 g/mol. The van der Waals surface area contributed by atoms with Crippen molar-refractivity contribution in [2.24, 2.45) is 5.41 Å². The number of nitrogens with zero attached hydrogens (tertiary/aromatic N) is 3. The maximum absolute atomic E-state index is 12.2. The predicted molar refractivity (Wildman–Crippen MR) is 97.3 cm³/mol. The van der Waals surface area contributed by atoms with Crippen LogP contribution in [0.25, 0.3) is 0 Å². The lowest BCUT2D eigenvalue weighted by atomic mass is 9.72. The van der Waals surface area contributed by atoms with Crippen LogP contribution < -0.4 is 4.90 Å². The normalized spacial score (nSPS) is 19.1. The fraction of sp³-hybridized carbons (Fsp3) is 0.632. The van der Waals surface area contributed by atoms with E-state index in [0.717, 1.165) is 44.8 Å². The molecule has 2 fully saturated rings. The molecule has 2 aliphatic rings. The van der Waals surface area contributed by atoms with E-state index in [1.807, 2.05) is 31.7 Å². The van der Waals surface area contributed by atoms with Crippen LogP contribution in [0.15, 0.2) is 18.3 Å². The second-order valence-electron chi connectivity index (χ2n) is 8.22. The number of amides is 1. The third-order valence-corrected chi connectivity index (χ3v) is 5.02. The summed E-state index contributed by atoms with van der Waals surface area (Å²) in [5.74, 6) is 0.497. The molecule has 142 valence electrons. The van der Waals surface area contributed by atoms with Crippen molar-refractivity contribution in [3.63, 3.8) is 0 Å². The van der Waals surface area contributed by atoms with Gasteiger partial charge in [0.2, 0.25) is 0 Å². The first kappa shape index (κ1) is 18.5. The SMILES string of the molecule is COC(=O)c1ccc(N2CC3(CCN(C(=O)OC(C)(C)C)CC3)C2)nc1. The van der Waals surface area contributed by atoms with Crippen molar-refractivity contribution in [2.75, 3.05) is 38.2 Å². The van der Waals surface area contributed by atoms with Gasteiger partial charge in [-0.3, -0.25) is 0 Å². The molecular formula is C19H27N3O4. The number of methoxy groups -OCH3 is 1. The Hall–Kier alpha value is -2.31. The Balaban J connectivity index is 1.51. The molecule has 0 atom stereocenters. The van der Waals surface area contributed by atoms with Crippen LogP contribution in [0.3, 0.4) is 0 Å². The quantitative estimate of drug-likeness (QED) is 0.754. The van der Waals surface area contributed by atoms with Crippen LogP contribution in [0, 0.1) is 5.41 Å². The maximum atomic E-state index is 12.2. The summed E-state index contributed by atoms with van der Waals surface area (Å²) in [7, 11) is 1.36. The third kappa shape index (κ3) is 3.92. The van der Waals surface area contributed by atoms with E-state index in [2.05, 4.69) is 9.88 Å². The number of pyridine rings is 1. The maximum Gasteiger partial charge on any atom is 0.410 e. The van der Waals surface area contributed by atoms with E-state index in [0.29, 0.717) is 5.56 Å². The fourth-order valence-electron chi connectivity index (χ4n) is 3.54. The average molecular weight is 361 g/mol. The minimum absolute atomic E-state index is 0.219. The molecule has 7 heteroatoms. The van der Waals surface area contributed by atoms with Crippen molar-refractivity contribution in [2.45, 2.75) is 39.2 Å². The molecule has 0 radical (unpaired) electrons. The number of hydrogen-bond acceptors (Lipinski definition) is 6. The number of rotatable bonds is 2. The molecule has 0 unspecified atom stereocenters. The molecule has 3 rings (SSSR count). The van der Waals surface area contributed by atoms with Gasteiger partial charge in [0.05, 0.1) is 12.7 Å². The lowest BCUT2D eigenvalue weighted by Gasteiger charge is -2.54. The molecule has 7 nitrogen and oxygen atoms in total. The molecule has 1 amide bonds. The molecule has 0 aliphatic carbocycles. The molecule has 2 saturated heterocycles. The summed E-state index contributed by atoms with van der Waals surface area (Å²) in [6.45, 7) is 8.99. The van der Waals surface area contributed by atoms with Crippen LogP contribution in [0.4, 0.5) is 10.6 Å². The van der Waals surface area contributed by atoms with E-state index >= 15 is 0 Å². The van der Waals surface area contributed by atoms with E-state index in [4.69, 9.17) is 9.47 Å². The zero-order valence-electron chi connectivity index (χ0n) is 15.9.